The molecule has 0 spiro atoms. The van der Waals surface area contributed by atoms with Gasteiger partial charge in [0.25, 0.3) is 0 Å². The average Bonchev–Trinajstić information content (AvgIpc) is 2.58. The van der Waals surface area contributed by atoms with Crippen LogP contribution in [0.4, 0.5) is 0 Å². The molecule has 0 fully saturated rings. The van der Waals surface area contributed by atoms with Gasteiger partial charge in [-0.05, 0) is 17.7 Å². The molecule has 1 amide bonds. The van der Waals surface area contributed by atoms with Crippen LogP contribution in [0.1, 0.15) is 15.9 Å². The third-order valence-corrected chi connectivity index (χ3v) is 3.79. The van der Waals surface area contributed by atoms with Gasteiger partial charge in [0.05, 0.1) is 15.6 Å². The van der Waals surface area contributed by atoms with Crippen molar-refractivity contribution in [2.24, 2.45) is 0 Å². The van der Waals surface area contributed by atoms with Crippen LogP contribution >= 0.6 is 23.2 Å². The molecule has 2 rings (SSSR count). The fraction of sp³-hybridized carbons (Fsp3) is 0.111. The van der Waals surface area contributed by atoms with Crippen LogP contribution in [0.15, 0.2) is 60.7 Å². The highest BCUT2D eigenvalue weighted by molar-refractivity contribution is 6.39. The van der Waals surface area contributed by atoms with Gasteiger partial charge in [0, 0.05) is 12.1 Å². The summed E-state index contributed by atoms with van der Waals surface area (Å²) in [4.78, 5) is 24.0. The standard InChI is InChI=1S/C18H15Cl2NO3/c1-12(17(22)21-10-13-6-3-2-4-7-13)11-24-18(23)16-14(19)8-5-9-15(16)20/h2-9H,1,10-11H2,(H,21,22). The highest BCUT2D eigenvalue weighted by Gasteiger charge is 2.17. The number of ether oxygens (including phenoxy) is 1. The van der Waals surface area contributed by atoms with Crippen LogP contribution in [-0.2, 0) is 16.1 Å². The van der Waals surface area contributed by atoms with Crippen LogP contribution in [0.2, 0.25) is 10.0 Å². The number of carbonyl (C=O) groups is 2. The van der Waals surface area contributed by atoms with Crippen molar-refractivity contribution in [1.82, 2.24) is 5.32 Å². The van der Waals surface area contributed by atoms with Gasteiger partial charge in [0.1, 0.15) is 6.61 Å². The minimum absolute atomic E-state index is 0.0679. The molecule has 24 heavy (non-hydrogen) atoms. The second-order valence-electron chi connectivity index (χ2n) is 4.94. The summed E-state index contributed by atoms with van der Waals surface area (Å²) >= 11 is 11.9. The Bertz CT molecular complexity index is 740. The number of esters is 1. The number of nitrogens with one attached hydrogen (secondary N) is 1. The molecular weight excluding hydrogens is 349 g/mol. The van der Waals surface area contributed by atoms with Gasteiger partial charge in [-0.3, -0.25) is 4.79 Å². The first-order valence-electron chi connectivity index (χ1n) is 7.10. The molecule has 1 N–H and O–H groups in total. The van der Waals surface area contributed by atoms with E-state index < -0.39 is 11.9 Å². The van der Waals surface area contributed by atoms with E-state index in [1.165, 1.54) is 12.1 Å². The van der Waals surface area contributed by atoms with E-state index in [9.17, 15) is 9.59 Å². The lowest BCUT2D eigenvalue weighted by Crippen LogP contribution is -2.26. The first-order valence-corrected chi connectivity index (χ1v) is 7.85. The van der Waals surface area contributed by atoms with Crippen molar-refractivity contribution >= 4 is 35.1 Å². The van der Waals surface area contributed by atoms with Gasteiger partial charge in [0.15, 0.2) is 0 Å². The summed E-state index contributed by atoms with van der Waals surface area (Å²) in [6.07, 6.45) is 0. The second kappa shape index (κ2) is 8.52. The summed E-state index contributed by atoms with van der Waals surface area (Å²) in [5, 5.41) is 3.08. The molecule has 0 radical (unpaired) electrons. The Balaban J connectivity index is 1.86. The number of halogens is 2. The maximum absolute atomic E-state index is 12.0. The summed E-state index contributed by atoms with van der Waals surface area (Å²) in [7, 11) is 0. The van der Waals surface area contributed by atoms with Crippen molar-refractivity contribution < 1.29 is 14.3 Å². The van der Waals surface area contributed by atoms with Crippen molar-refractivity contribution in [2.75, 3.05) is 6.61 Å². The predicted octanol–water partition coefficient (Wildman–Crippen LogP) is 4.02. The molecule has 0 saturated heterocycles. The number of rotatable bonds is 6. The molecule has 0 bridgehead atoms. The van der Waals surface area contributed by atoms with Gasteiger partial charge in [-0.2, -0.15) is 0 Å². The van der Waals surface area contributed by atoms with Crippen LogP contribution in [0.5, 0.6) is 0 Å². The Morgan fingerprint density at radius 2 is 1.62 bits per heavy atom. The topological polar surface area (TPSA) is 55.4 Å². The van der Waals surface area contributed by atoms with E-state index in [4.69, 9.17) is 27.9 Å². The summed E-state index contributed by atoms with van der Waals surface area (Å²) in [5.41, 5.74) is 1.15. The van der Waals surface area contributed by atoms with E-state index in [1.54, 1.807) is 6.07 Å². The third-order valence-electron chi connectivity index (χ3n) is 3.16. The van der Waals surface area contributed by atoms with E-state index in [0.717, 1.165) is 5.56 Å². The third kappa shape index (κ3) is 4.85. The van der Waals surface area contributed by atoms with Crippen LogP contribution in [-0.4, -0.2) is 18.5 Å². The van der Waals surface area contributed by atoms with E-state index in [1.807, 2.05) is 30.3 Å². The van der Waals surface area contributed by atoms with Gasteiger partial charge >= 0.3 is 5.97 Å². The Kier molecular flexibility index (Phi) is 6.41. The Labute approximate surface area is 150 Å². The highest BCUT2D eigenvalue weighted by Crippen LogP contribution is 2.25. The van der Waals surface area contributed by atoms with Crippen LogP contribution < -0.4 is 5.32 Å². The quantitative estimate of drug-likeness (QED) is 0.622. The Morgan fingerprint density at radius 1 is 1.00 bits per heavy atom. The molecule has 0 aliphatic heterocycles. The number of hydrogen-bond acceptors (Lipinski definition) is 3. The zero-order valence-corrected chi connectivity index (χ0v) is 14.2. The lowest BCUT2D eigenvalue weighted by molar-refractivity contribution is -0.118. The van der Waals surface area contributed by atoms with Crippen molar-refractivity contribution in [3.63, 3.8) is 0 Å². The summed E-state index contributed by atoms with van der Waals surface area (Å²) in [5.74, 6) is -1.10. The maximum atomic E-state index is 12.0. The summed E-state index contributed by atoms with van der Waals surface area (Å²) in [6.45, 7) is 3.74. The molecule has 0 atom stereocenters. The lowest BCUT2D eigenvalue weighted by atomic mass is 10.2. The average molecular weight is 364 g/mol. The van der Waals surface area contributed by atoms with Gasteiger partial charge < -0.3 is 10.1 Å². The zero-order chi connectivity index (χ0) is 17.5. The summed E-state index contributed by atoms with van der Waals surface area (Å²) in [6, 6.07) is 14.1. The molecule has 4 nitrogen and oxygen atoms in total. The number of benzene rings is 2. The minimum Gasteiger partial charge on any atom is -0.457 e. The van der Waals surface area contributed by atoms with Crippen LogP contribution in [0.25, 0.3) is 0 Å². The highest BCUT2D eigenvalue weighted by atomic mass is 35.5. The molecule has 0 heterocycles. The SMILES string of the molecule is C=C(COC(=O)c1c(Cl)cccc1Cl)C(=O)NCc1ccccc1. The summed E-state index contributed by atoms with van der Waals surface area (Å²) < 4.78 is 5.06. The Hall–Kier alpha value is -2.30. The molecule has 0 aliphatic rings. The molecule has 6 heteroatoms. The number of amides is 1. The molecule has 0 aromatic heterocycles. The van der Waals surface area contributed by atoms with Crippen LogP contribution in [0, 0.1) is 0 Å². The van der Waals surface area contributed by atoms with E-state index in [2.05, 4.69) is 11.9 Å². The van der Waals surface area contributed by atoms with E-state index >= 15 is 0 Å². The number of hydrogen-bond donors (Lipinski definition) is 1. The zero-order valence-electron chi connectivity index (χ0n) is 12.7. The first-order chi connectivity index (χ1) is 11.5. The van der Waals surface area contributed by atoms with E-state index in [-0.39, 0.29) is 27.8 Å². The fourth-order valence-corrected chi connectivity index (χ4v) is 2.44. The lowest BCUT2D eigenvalue weighted by Gasteiger charge is -2.10. The van der Waals surface area contributed by atoms with Crippen molar-refractivity contribution in [3.8, 4) is 0 Å². The molecule has 2 aromatic carbocycles. The molecular formula is C18H15Cl2NO3. The Morgan fingerprint density at radius 3 is 2.25 bits per heavy atom. The molecule has 0 saturated carbocycles. The predicted molar refractivity (Wildman–Crippen MR) is 94.2 cm³/mol. The fourth-order valence-electron chi connectivity index (χ4n) is 1.89. The number of carbonyl (C=O) groups excluding carboxylic acids is 2. The van der Waals surface area contributed by atoms with Gasteiger partial charge in [-0.15, -0.1) is 0 Å². The molecule has 0 unspecified atom stereocenters. The maximum Gasteiger partial charge on any atom is 0.341 e. The first kappa shape index (κ1) is 18.0. The second-order valence-corrected chi connectivity index (χ2v) is 5.76. The molecule has 0 aliphatic carbocycles. The van der Waals surface area contributed by atoms with Gasteiger partial charge in [-0.25, -0.2) is 4.79 Å². The normalized spacial score (nSPS) is 10.1. The largest absolute Gasteiger partial charge is 0.457 e. The van der Waals surface area contributed by atoms with Crippen molar-refractivity contribution in [1.29, 1.82) is 0 Å². The van der Waals surface area contributed by atoms with Gasteiger partial charge in [0.2, 0.25) is 5.91 Å². The smallest absolute Gasteiger partial charge is 0.341 e. The van der Waals surface area contributed by atoms with Crippen molar-refractivity contribution in [3.05, 3.63) is 81.9 Å². The van der Waals surface area contributed by atoms with Gasteiger partial charge in [-0.1, -0.05) is 66.2 Å². The van der Waals surface area contributed by atoms with E-state index in [0.29, 0.717) is 6.54 Å². The minimum atomic E-state index is -0.706. The monoisotopic (exact) mass is 363 g/mol. The molecule has 124 valence electrons. The molecule has 2 aromatic rings. The van der Waals surface area contributed by atoms with Crippen molar-refractivity contribution in [2.45, 2.75) is 6.54 Å². The van der Waals surface area contributed by atoms with Crippen LogP contribution in [0.3, 0.4) is 0 Å².